The number of benzene rings is 1. The van der Waals surface area contributed by atoms with Crippen LogP contribution in [-0.2, 0) is 0 Å². The number of amides is 1. The number of piperidine rings is 1. The molecule has 0 saturated carbocycles. The van der Waals surface area contributed by atoms with Crippen molar-refractivity contribution in [1.82, 2.24) is 4.90 Å². The van der Waals surface area contributed by atoms with E-state index in [1.54, 1.807) is 23.1 Å². The second kappa shape index (κ2) is 6.94. The van der Waals surface area contributed by atoms with E-state index in [9.17, 15) is 9.59 Å². The maximum Gasteiger partial charge on any atom is 0.349 e. The Morgan fingerprint density at radius 1 is 1.36 bits per heavy atom. The number of nitrogens with two attached hydrogens (primary N) is 1. The zero-order valence-corrected chi connectivity index (χ0v) is 13.0. The zero-order valence-electron chi connectivity index (χ0n) is 12.2. The molecule has 3 rings (SSSR count). The van der Waals surface area contributed by atoms with Crippen molar-refractivity contribution in [2.75, 3.05) is 19.6 Å². The number of para-hydroxylation sites is 1. The molecule has 1 fully saturated rings. The molecular weight excluding hydrogens is 304 g/mol. The molecule has 22 heavy (non-hydrogen) atoms. The molecule has 1 amide bonds. The van der Waals surface area contributed by atoms with Crippen LogP contribution in [0.15, 0.2) is 39.5 Å². The summed E-state index contributed by atoms with van der Waals surface area (Å²) in [6.07, 6.45) is 1.96. The molecule has 1 saturated heterocycles. The van der Waals surface area contributed by atoms with Gasteiger partial charge in [0.1, 0.15) is 11.1 Å². The Morgan fingerprint density at radius 2 is 2.14 bits per heavy atom. The number of hydrogen-bond acceptors (Lipinski definition) is 4. The number of fused-ring (bicyclic) bond motifs is 1. The van der Waals surface area contributed by atoms with Crippen molar-refractivity contribution in [1.29, 1.82) is 0 Å². The average Bonchev–Trinajstić information content (AvgIpc) is 2.53. The second-order valence-electron chi connectivity index (χ2n) is 5.48. The summed E-state index contributed by atoms with van der Waals surface area (Å²) in [7, 11) is 0. The van der Waals surface area contributed by atoms with E-state index in [1.807, 2.05) is 12.1 Å². The van der Waals surface area contributed by atoms with Crippen molar-refractivity contribution < 1.29 is 9.21 Å². The van der Waals surface area contributed by atoms with Gasteiger partial charge in [0.05, 0.1) is 0 Å². The number of carbonyl (C=O) groups excluding carboxylic acids is 1. The minimum atomic E-state index is -0.575. The number of rotatable bonds is 2. The highest BCUT2D eigenvalue weighted by atomic mass is 35.5. The quantitative estimate of drug-likeness (QED) is 0.858. The smallest absolute Gasteiger partial charge is 0.349 e. The summed E-state index contributed by atoms with van der Waals surface area (Å²) in [5.74, 6) is 0.0582. The molecule has 2 N–H and O–H groups in total. The zero-order chi connectivity index (χ0) is 14.8. The van der Waals surface area contributed by atoms with Gasteiger partial charge in [-0.05, 0) is 37.4 Å². The number of carbonyl (C=O) groups is 1. The lowest BCUT2D eigenvalue weighted by Gasteiger charge is -2.31. The van der Waals surface area contributed by atoms with Crippen LogP contribution in [0.25, 0.3) is 11.0 Å². The second-order valence-corrected chi connectivity index (χ2v) is 5.48. The molecule has 5 nitrogen and oxygen atoms in total. The first-order chi connectivity index (χ1) is 10.2. The molecular formula is C16H19ClN2O3. The van der Waals surface area contributed by atoms with Crippen LogP contribution in [0, 0.1) is 5.92 Å². The fraction of sp³-hybridized carbons (Fsp3) is 0.375. The molecule has 2 heterocycles. The largest absolute Gasteiger partial charge is 0.422 e. The van der Waals surface area contributed by atoms with E-state index in [2.05, 4.69) is 0 Å². The highest BCUT2D eigenvalue weighted by Crippen LogP contribution is 2.18. The summed E-state index contributed by atoms with van der Waals surface area (Å²) in [6, 6.07) is 8.81. The predicted octanol–water partition coefficient (Wildman–Crippen LogP) is 2.03. The third-order valence-electron chi connectivity index (χ3n) is 4.01. The van der Waals surface area contributed by atoms with Crippen LogP contribution in [-0.4, -0.2) is 30.4 Å². The summed E-state index contributed by atoms with van der Waals surface area (Å²) in [6.45, 7) is 1.85. The molecule has 1 aromatic carbocycles. The predicted molar refractivity (Wildman–Crippen MR) is 87.4 cm³/mol. The lowest BCUT2D eigenvalue weighted by molar-refractivity contribution is 0.0674. The van der Waals surface area contributed by atoms with Crippen LogP contribution in [0.4, 0.5) is 0 Å². The van der Waals surface area contributed by atoms with Gasteiger partial charge in [0.15, 0.2) is 0 Å². The minimum Gasteiger partial charge on any atom is -0.422 e. The van der Waals surface area contributed by atoms with Gasteiger partial charge in [-0.2, -0.15) is 0 Å². The van der Waals surface area contributed by atoms with Gasteiger partial charge in [0.25, 0.3) is 5.91 Å². The van der Waals surface area contributed by atoms with Crippen molar-refractivity contribution in [3.63, 3.8) is 0 Å². The molecule has 1 unspecified atom stereocenters. The minimum absolute atomic E-state index is 0. The van der Waals surface area contributed by atoms with E-state index >= 15 is 0 Å². The van der Waals surface area contributed by atoms with E-state index in [1.165, 1.54) is 0 Å². The lowest BCUT2D eigenvalue weighted by atomic mass is 9.98. The van der Waals surface area contributed by atoms with Crippen LogP contribution in [0.2, 0.25) is 0 Å². The Bertz CT molecular complexity index is 729. The molecule has 118 valence electrons. The first kappa shape index (κ1) is 16.5. The fourth-order valence-corrected chi connectivity index (χ4v) is 2.82. The van der Waals surface area contributed by atoms with Gasteiger partial charge in [-0.25, -0.2) is 4.79 Å². The Hall–Kier alpha value is -1.85. The highest BCUT2D eigenvalue weighted by Gasteiger charge is 2.26. The first-order valence-corrected chi connectivity index (χ1v) is 7.21. The van der Waals surface area contributed by atoms with E-state index in [0.717, 1.165) is 18.2 Å². The topological polar surface area (TPSA) is 76.5 Å². The molecule has 0 spiro atoms. The van der Waals surface area contributed by atoms with Crippen molar-refractivity contribution in [3.8, 4) is 0 Å². The third kappa shape index (κ3) is 3.15. The first-order valence-electron chi connectivity index (χ1n) is 7.21. The summed E-state index contributed by atoms with van der Waals surface area (Å²) >= 11 is 0. The van der Waals surface area contributed by atoms with Crippen molar-refractivity contribution in [2.24, 2.45) is 11.7 Å². The molecule has 0 radical (unpaired) electrons. The average molecular weight is 323 g/mol. The van der Waals surface area contributed by atoms with Crippen LogP contribution >= 0.6 is 12.4 Å². The summed E-state index contributed by atoms with van der Waals surface area (Å²) in [5.41, 5.74) is 5.72. The SMILES string of the molecule is Cl.NCC1CCCN(C(=O)c2cc3ccccc3oc2=O)C1. The molecule has 6 heteroatoms. The molecule has 1 aliphatic rings. The van der Waals surface area contributed by atoms with Gasteiger partial charge in [0.2, 0.25) is 0 Å². The van der Waals surface area contributed by atoms with Crippen molar-refractivity contribution in [2.45, 2.75) is 12.8 Å². The van der Waals surface area contributed by atoms with Gasteiger partial charge in [0, 0.05) is 18.5 Å². The summed E-state index contributed by atoms with van der Waals surface area (Å²) in [4.78, 5) is 26.3. The summed E-state index contributed by atoms with van der Waals surface area (Å²) < 4.78 is 5.23. The van der Waals surface area contributed by atoms with E-state index in [4.69, 9.17) is 10.2 Å². The number of nitrogens with zero attached hydrogens (tertiary/aromatic N) is 1. The Morgan fingerprint density at radius 3 is 2.91 bits per heavy atom. The van der Waals surface area contributed by atoms with Gasteiger partial charge in [-0.15, -0.1) is 12.4 Å². The maximum atomic E-state index is 12.6. The molecule has 1 aromatic heterocycles. The Kier molecular flexibility index (Phi) is 5.21. The lowest BCUT2D eigenvalue weighted by Crippen LogP contribution is -2.43. The van der Waals surface area contributed by atoms with Crippen LogP contribution in [0.5, 0.6) is 0 Å². The monoisotopic (exact) mass is 322 g/mol. The molecule has 0 aliphatic carbocycles. The number of halogens is 1. The number of hydrogen-bond donors (Lipinski definition) is 1. The molecule has 0 bridgehead atoms. The molecule has 1 aliphatic heterocycles. The fourth-order valence-electron chi connectivity index (χ4n) is 2.82. The van der Waals surface area contributed by atoms with E-state index in [-0.39, 0.29) is 23.9 Å². The van der Waals surface area contributed by atoms with Gasteiger partial charge in [-0.3, -0.25) is 4.79 Å². The van der Waals surface area contributed by atoms with Gasteiger partial charge in [-0.1, -0.05) is 18.2 Å². The maximum absolute atomic E-state index is 12.6. The summed E-state index contributed by atoms with van der Waals surface area (Å²) in [5, 5.41) is 0.757. The normalized spacial score (nSPS) is 18.0. The molecule has 2 aromatic rings. The standard InChI is InChI=1S/C16H18N2O3.ClH/c17-9-11-4-3-7-18(10-11)15(19)13-8-12-5-1-2-6-14(12)21-16(13)20;/h1-2,5-6,8,11H,3-4,7,9-10,17H2;1H. The van der Waals surface area contributed by atoms with Crippen LogP contribution in [0.1, 0.15) is 23.2 Å². The highest BCUT2D eigenvalue weighted by molar-refractivity contribution is 5.96. The molecule has 1 atom stereocenters. The van der Waals surface area contributed by atoms with Gasteiger partial charge < -0.3 is 15.1 Å². The van der Waals surface area contributed by atoms with Crippen molar-refractivity contribution >= 4 is 29.3 Å². The Balaban J connectivity index is 0.00000176. The third-order valence-corrected chi connectivity index (χ3v) is 4.01. The van der Waals surface area contributed by atoms with Crippen LogP contribution in [0.3, 0.4) is 0 Å². The van der Waals surface area contributed by atoms with E-state index < -0.39 is 5.63 Å². The van der Waals surface area contributed by atoms with Gasteiger partial charge >= 0.3 is 5.63 Å². The van der Waals surface area contributed by atoms with E-state index in [0.29, 0.717) is 31.1 Å². The van der Waals surface area contributed by atoms with Crippen LogP contribution < -0.4 is 11.4 Å². The Labute approximate surface area is 134 Å². The number of likely N-dealkylation sites (tertiary alicyclic amines) is 1. The van der Waals surface area contributed by atoms with Crippen molar-refractivity contribution in [3.05, 3.63) is 46.3 Å².